The Morgan fingerprint density at radius 3 is 2.89 bits per heavy atom. The quantitative estimate of drug-likeness (QED) is 0.755. The summed E-state index contributed by atoms with van der Waals surface area (Å²) in [5.74, 6) is 0.747. The standard InChI is InChI=1S/C11H15N5OS/c1-3-6-4-7-9(14-5-8(12)17)15-11(13-2)16-10(7)18-6/h4H,3,5H2,1-2H3,(H2,12,17)(H2,13,14,15,16). The van der Waals surface area contributed by atoms with Gasteiger partial charge in [0.2, 0.25) is 11.9 Å². The van der Waals surface area contributed by atoms with Crippen molar-refractivity contribution in [3.05, 3.63) is 10.9 Å². The number of aryl methyl sites for hydroxylation is 1. The van der Waals surface area contributed by atoms with Gasteiger partial charge in [-0.15, -0.1) is 11.3 Å². The zero-order chi connectivity index (χ0) is 13.1. The first-order valence-corrected chi connectivity index (χ1v) is 6.46. The second kappa shape index (κ2) is 5.18. The van der Waals surface area contributed by atoms with Crippen LogP contribution < -0.4 is 16.4 Å². The Hall–Kier alpha value is -1.89. The minimum absolute atomic E-state index is 0.0621. The van der Waals surface area contributed by atoms with E-state index in [1.807, 2.05) is 6.07 Å². The van der Waals surface area contributed by atoms with E-state index in [4.69, 9.17) is 5.73 Å². The summed E-state index contributed by atoms with van der Waals surface area (Å²) in [5.41, 5.74) is 5.13. The number of nitrogens with two attached hydrogens (primary N) is 1. The van der Waals surface area contributed by atoms with Crippen molar-refractivity contribution in [3.63, 3.8) is 0 Å². The van der Waals surface area contributed by atoms with E-state index in [9.17, 15) is 4.79 Å². The van der Waals surface area contributed by atoms with Crippen LogP contribution in [0.15, 0.2) is 6.07 Å². The van der Waals surface area contributed by atoms with E-state index in [1.165, 1.54) is 4.88 Å². The molecule has 2 heterocycles. The first-order chi connectivity index (χ1) is 8.63. The zero-order valence-corrected chi connectivity index (χ0v) is 11.1. The highest BCUT2D eigenvalue weighted by Crippen LogP contribution is 2.30. The summed E-state index contributed by atoms with van der Waals surface area (Å²) in [7, 11) is 1.76. The lowest BCUT2D eigenvalue weighted by molar-refractivity contribution is -0.116. The third-order valence-electron chi connectivity index (χ3n) is 2.45. The Labute approximate surface area is 109 Å². The van der Waals surface area contributed by atoms with Crippen LogP contribution in [0.1, 0.15) is 11.8 Å². The summed E-state index contributed by atoms with van der Waals surface area (Å²) in [6, 6.07) is 2.04. The SMILES string of the molecule is CCc1cc2c(NCC(N)=O)nc(NC)nc2s1. The van der Waals surface area contributed by atoms with Gasteiger partial charge in [0.15, 0.2) is 0 Å². The smallest absolute Gasteiger partial charge is 0.236 e. The Bertz CT molecular complexity index is 580. The van der Waals surface area contributed by atoms with Crippen molar-refractivity contribution in [2.45, 2.75) is 13.3 Å². The maximum absolute atomic E-state index is 10.8. The molecule has 0 aliphatic carbocycles. The van der Waals surface area contributed by atoms with Gasteiger partial charge >= 0.3 is 0 Å². The first kappa shape index (κ1) is 12.6. The number of fused-ring (bicyclic) bond motifs is 1. The van der Waals surface area contributed by atoms with Crippen LogP contribution in [0.3, 0.4) is 0 Å². The molecule has 0 unspecified atom stereocenters. The molecule has 4 N–H and O–H groups in total. The summed E-state index contributed by atoms with van der Waals surface area (Å²) in [6.07, 6.45) is 0.950. The Morgan fingerprint density at radius 1 is 1.50 bits per heavy atom. The zero-order valence-electron chi connectivity index (χ0n) is 10.3. The molecule has 18 heavy (non-hydrogen) atoms. The van der Waals surface area contributed by atoms with E-state index in [2.05, 4.69) is 27.5 Å². The maximum Gasteiger partial charge on any atom is 0.236 e. The number of carbonyl (C=O) groups is 1. The molecular formula is C11H15N5OS. The van der Waals surface area contributed by atoms with Crippen molar-refractivity contribution >= 4 is 39.2 Å². The fourth-order valence-electron chi connectivity index (χ4n) is 1.56. The summed E-state index contributed by atoms with van der Waals surface area (Å²) < 4.78 is 0. The van der Waals surface area contributed by atoms with Gasteiger partial charge in [0.25, 0.3) is 0 Å². The Morgan fingerprint density at radius 2 is 2.28 bits per heavy atom. The second-order valence-corrected chi connectivity index (χ2v) is 4.87. The molecule has 1 amide bonds. The number of thiophene rings is 1. The molecule has 2 aromatic rings. The molecule has 7 heteroatoms. The highest BCUT2D eigenvalue weighted by Gasteiger charge is 2.11. The predicted molar refractivity (Wildman–Crippen MR) is 74.0 cm³/mol. The van der Waals surface area contributed by atoms with E-state index in [1.54, 1.807) is 18.4 Å². The lowest BCUT2D eigenvalue weighted by Crippen LogP contribution is -2.22. The monoisotopic (exact) mass is 265 g/mol. The molecule has 0 spiro atoms. The maximum atomic E-state index is 10.8. The summed E-state index contributed by atoms with van der Waals surface area (Å²) in [4.78, 5) is 21.7. The van der Waals surface area contributed by atoms with Crippen molar-refractivity contribution < 1.29 is 4.79 Å². The van der Waals surface area contributed by atoms with Crippen molar-refractivity contribution in [1.29, 1.82) is 0 Å². The van der Waals surface area contributed by atoms with E-state index in [0.29, 0.717) is 11.8 Å². The average Bonchev–Trinajstić information content (AvgIpc) is 2.78. The van der Waals surface area contributed by atoms with Crippen LogP contribution in [0.5, 0.6) is 0 Å². The lowest BCUT2D eigenvalue weighted by Gasteiger charge is -2.06. The molecule has 2 aromatic heterocycles. The van der Waals surface area contributed by atoms with Gasteiger partial charge in [-0.1, -0.05) is 6.92 Å². The van der Waals surface area contributed by atoms with E-state index in [-0.39, 0.29) is 6.54 Å². The Balaban J connectivity index is 2.46. The molecule has 0 radical (unpaired) electrons. The lowest BCUT2D eigenvalue weighted by atomic mass is 10.3. The number of rotatable bonds is 5. The number of amides is 1. The fourth-order valence-corrected chi connectivity index (χ4v) is 2.53. The molecular weight excluding hydrogens is 250 g/mol. The van der Waals surface area contributed by atoms with Crippen molar-refractivity contribution in [2.24, 2.45) is 5.73 Å². The van der Waals surface area contributed by atoms with Gasteiger partial charge in [-0.25, -0.2) is 4.98 Å². The number of hydrogen-bond acceptors (Lipinski definition) is 6. The minimum atomic E-state index is -0.418. The Kier molecular flexibility index (Phi) is 3.61. The molecule has 0 aromatic carbocycles. The number of primary amides is 1. The summed E-state index contributed by atoms with van der Waals surface area (Å²) in [5, 5.41) is 6.77. The molecule has 96 valence electrons. The van der Waals surface area contributed by atoms with E-state index >= 15 is 0 Å². The second-order valence-electron chi connectivity index (χ2n) is 3.75. The molecule has 0 atom stereocenters. The van der Waals surface area contributed by atoms with Gasteiger partial charge in [-0.05, 0) is 12.5 Å². The van der Waals surface area contributed by atoms with Crippen LogP contribution in [0.4, 0.5) is 11.8 Å². The van der Waals surface area contributed by atoms with Crippen LogP contribution in [-0.4, -0.2) is 29.5 Å². The van der Waals surface area contributed by atoms with Gasteiger partial charge < -0.3 is 16.4 Å². The molecule has 0 aliphatic heterocycles. The fraction of sp³-hybridized carbons (Fsp3) is 0.364. The highest BCUT2D eigenvalue weighted by molar-refractivity contribution is 7.18. The third kappa shape index (κ3) is 2.51. The molecule has 0 fully saturated rings. The predicted octanol–water partition coefficient (Wildman–Crippen LogP) is 1.19. The van der Waals surface area contributed by atoms with Gasteiger partial charge in [0, 0.05) is 11.9 Å². The topological polar surface area (TPSA) is 92.9 Å². The largest absolute Gasteiger partial charge is 0.368 e. The highest BCUT2D eigenvalue weighted by atomic mass is 32.1. The number of hydrogen-bond donors (Lipinski definition) is 3. The number of nitrogens with one attached hydrogen (secondary N) is 2. The van der Waals surface area contributed by atoms with Crippen LogP contribution in [0, 0.1) is 0 Å². The average molecular weight is 265 g/mol. The molecule has 2 rings (SSSR count). The number of anilines is 2. The molecule has 6 nitrogen and oxygen atoms in total. The van der Waals surface area contributed by atoms with Crippen molar-refractivity contribution in [3.8, 4) is 0 Å². The van der Waals surface area contributed by atoms with Crippen LogP contribution in [0.25, 0.3) is 10.2 Å². The van der Waals surface area contributed by atoms with Crippen LogP contribution in [-0.2, 0) is 11.2 Å². The normalized spacial score (nSPS) is 10.6. The number of aromatic nitrogens is 2. The van der Waals surface area contributed by atoms with Gasteiger partial charge in [0.1, 0.15) is 10.6 Å². The summed E-state index contributed by atoms with van der Waals surface area (Å²) in [6.45, 7) is 2.15. The minimum Gasteiger partial charge on any atom is -0.368 e. The van der Waals surface area contributed by atoms with E-state index in [0.717, 1.165) is 16.6 Å². The third-order valence-corrected chi connectivity index (χ3v) is 3.62. The number of nitrogens with zero attached hydrogens (tertiary/aromatic N) is 2. The van der Waals surface area contributed by atoms with Gasteiger partial charge in [0.05, 0.1) is 11.9 Å². The van der Waals surface area contributed by atoms with Crippen LogP contribution >= 0.6 is 11.3 Å². The number of carbonyl (C=O) groups excluding carboxylic acids is 1. The molecule has 0 aliphatic rings. The summed E-state index contributed by atoms with van der Waals surface area (Å²) >= 11 is 1.63. The van der Waals surface area contributed by atoms with Crippen molar-refractivity contribution in [1.82, 2.24) is 9.97 Å². The molecule has 0 saturated heterocycles. The molecule has 0 saturated carbocycles. The van der Waals surface area contributed by atoms with Gasteiger partial charge in [-0.2, -0.15) is 4.98 Å². The first-order valence-electron chi connectivity index (χ1n) is 5.64. The van der Waals surface area contributed by atoms with E-state index < -0.39 is 5.91 Å². The van der Waals surface area contributed by atoms with Gasteiger partial charge in [-0.3, -0.25) is 4.79 Å². The van der Waals surface area contributed by atoms with Crippen molar-refractivity contribution in [2.75, 3.05) is 24.2 Å². The molecule has 0 bridgehead atoms. The van der Waals surface area contributed by atoms with Crippen LogP contribution in [0.2, 0.25) is 0 Å².